The molecule has 0 atom stereocenters. The summed E-state index contributed by atoms with van der Waals surface area (Å²) in [6.07, 6.45) is 11.8. The van der Waals surface area contributed by atoms with Crippen LogP contribution in [-0.4, -0.2) is 48.4 Å². The van der Waals surface area contributed by atoms with Crippen LogP contribution < -0.4 is 0 Å². The Kier molecular flexibility index (Phi) is 8.28. The van der Waals surface area contributed by atoms with E-state index >= 15 is 0 Å². The van der Waals surface area contributed by atoms with Crippen LogP contribution in [0.4, 0.5) is 0 Å². The fraction of sp³-hybridized carbons (Fsp3) is 0.433. The SMILES string of the molecule is CC(=O)N1CCC(CCCN2CCC(=C3c4ccccc4C=Cc4ccccc43)CC2)CC1.Cl. The number of carbonyl (C=O) groups excluding carboxylic acids is 1. The second kappa shape index (κ2) is 11.4. The highest BCUT2D eigenvalue weighted by molar-refractivity contribution is 5.94. The number of piperidine rings is 2. The van der Waals surface area contributed by atoms with Gasteiger partial charge in [-0.3, -0.25) is 4.79 Å². The van der Waals surface area contributed by atoms with Crippen molar-refractivity contribution in [3.05, 3.63) is 76.4 Å². The minimum atomic E-state index is 0. The first-order valence-electron chi connectivity index (χ1n) is 12.8. The zero-order chi connectivity index (χ0) is 22.6. The van der Waals surface area contributed by atoms with Crippen molar-refractivity contribution in [1.82, 2.24) is 9.80 Å². The van der Waals surface area contributed by atoms with Gasteiger partial charge in [-0.05, 0) is 78.8 Å². The second-order valence-electron chi connectivity index (χ2n) is 9.92. The molecule has 0 aromatic heterocycles. The summed E-state index contributed by atoms with van der Waals surface area (Å²) in [5.41, 5.74) is 8.52. The van der Waals surface area contributed by atoms with Crippen LogP contribution in [0.3, 0.4) is 0 Å². The minimum Gasteiger partial charge on any atom is -0.343 e. The van der Waals surface area contributed by atoms with Gasteiger partial charge in [-0.1, -0.05) is 66.3 Å². The van der Waals surface area contributed by atoms with Crippen LogP contribution in [0.25, 0.3) is 17.7 Å². The monoisotopic (exact) mass is 476 g/mol. The van der Waals surface area contributed by atoms with E-state index in [2.05, 4.69) is 65.6 Å². The zero-order valence-corrected chi connectivity index (χ0v) is 21.2. The van der Waals surface area contributed by atoms with E-state index in [4.69, 9.17) is 0 Å². The molecule has 3 nitrogen and oxygen atoms in total. The number of likely N-dealkylation sites (tertiary alicyclic amines) is 2. The summed E-state index contributed by atoms with van der Waals surface area (Å²) in [4.78, 5) is 16.2. The van der Waals surface area contributed by atoms with Crippen LogP contribution in [0.1, 0.15) is 67.7 Å². The normalized spacial score (nSPS) is 18.7. The van der Waals surface area contributed by atoms with Crippen molar-refractivity contribution in [3.63, 3.8) is 0 Å². The lowest BCUT2D eigenvalue weighted by Crippen LogP contribution is -2.37. The summed E-state index contributed by atoms with van der Waals surface area (Å²) in [6.45, 7) is 7.16. The summed E-state index contributed by atoms with van der Waals surface area (Å²) in [6, 6.07) is 17.7. The molecule has 2 aromatic carbocycles. The van der Waals surface area contributed by atoms with E-state index in [0.29, 0.717) is 0 Å². The third kappa shape index (κ3) is 5.47. The van der Waals surface area contributed by atoms with Gasteiger partial charge >= 0.3 is 0 Å². The number of hydrogen-bond acceptors (Lipinski definition) is 2. The minimum absolute atomic E-state index is 0. The maximum atomic E-state index is 11.5. The van der Waals surface area contributed by atoms with Gasteiger partial charge in [-0.15, -0.1) is 12.4 Å². The number of hydrogen-bond donors (Lipinski definition) is 0. The molecule has 0 saturated carbocycles. The van der Waals surface area contributed by atoms with E-state index in [9.17, 15) is 4.79 Å². The quantitative estimate of drug-likeness (QED) is 0.427. The molecule has 0 unspecified atom stereocenters. The molecule has 3 aliphatic rings. The van der Waals surface area contributed by atoms with E-state index in [1.807, 2.05) is 4.90 Å². The maximum Gasteiger partial charge on any atom is 0.219 e. The molecule has 180 valence electrons. The molecule has 2 aliphatic heterocycles. The Morgan fingerprint density at radius 2 is 1.41 bits per heavy atom. The van der Waals surface area contributed by atoms with Gasteiger partial charge in [0.15, 0.2) is 0 Å². The highest BCUT2D eigenvalue weighted by atomic mass is 35.5. The Morgan fingerprint density at radius 1 is 0.853 bits per heavy atom. The number of carbonyl (C=O) groups is 1. The lowest BCUT2D eigenvalue weighted by atomic mass is 9.86. The molecule has 2 saturated heterocycles. The first-order chi connectivity index (χ1) is 16.2. The largest absolute Gasteiger partial charge is 0.343 e. The molecular formula is C30H37ClN2O. The predicted octanol–water partition coefficient (Wildman–Crippen LogP) is 6.53. The second-order valence-corrected chi connectivity index (χ2v) is 9.92. The van der Waals surface area contributed by atoms with E-state index in [1.54, 1.807) is 12.5 Å². The third-order valence-electron chi connectivity index (χ3n) is 7.86. The molecule has 5 rings (SSSR count). The summed E-state index contributed by atoms with van der Waals surface area (Å²) in [7, 11) is 0. The van der Waals surface area contributed by atoms with Gasteiger partial charge in [0.05, 0.1) is 0 Å². The van der Waals surface area contributed by atoms with Crippen molar-refractivity contribution in [3.8, 4) is 0 Å². The molecule has 0 bridgehead atoms. The van der Waals surface area contributed by atoms with Crippen LogP contribution >= 0.6 is 12.4 Å². The fourth-order valence-electron chi connectivity index (χ4n) is 5.88. The Balaban J connectivity index is 0.00000274. The lowest BCUT2D eigenvalue weighted by molar-refractivity contribution is -0.130. The Morgan fingerprint density at radius 3 is 1.97 bits per heavy atom. The number of halogens is 1. The molecule has 1 aliphatic carbocycles. The third-order valence-corrected chi connectivity index (χ3v) is 7.86. The summed E-state index contributed by atoms with van der Waals surface area (Å²) in [5, 5.41) is 0. The van der Waals surface area contributed by atoms with Gasteiger partial charge in [0.2, 0.25) is 5.91 Å². The van der Waals surface area contributed by atoms with E-state index in [0.717, 1.165) is 31.8 Å². The molecular weight excluding hydrogens is 440 g/mol. The Hall–Kier alpha value is -2.36. The Labute approximate surface area is 210 Å². The van der Waals surface area contributed by atoms with Crippen LogP contribution in [0.15, 0.2) is 54.1 Å². The topological polar surface area (TPSA) is 23.6 Å². The zero-order valence-electron chi connectivity index (χ0n) is 20.3. The van der Waals surface area contributed by atoms with Crippen molar-refractivity contribution in [2.24, 2.45) is 5.92 Å². The Bertz CT molecular complexity index is 1000. The maximum absolute atomic E-state index is 11.5. The van der Waals surface area contributed by atoms with E-state index in [-0.39, 0.29) is 18.3 Å². The fourth-order valence-corrected chi connectivity index (χ4v) is 5.88. The number of fused-ring (bicyclic) bond motifs is 2. The van der Waals surface area contributed by atoms with Gasteiger partial charge in [0.25, 0.3) is 0 Å². The predicted molar refractivity (Wildman–Crippen MR) is 145 cm³/mol. The molecule has 2 heterocycles. The summed E-state index contributed by atoms with van der Waals surface area (Å²) in [5.74, 6) is 1.04. The van der Waals surface area contributed by atoms with Gasteiger partial charge in [0.1, 0.15) is 0 Å². The van der Waals surface area contributed by atoms with Crippen LogP contribution in [0.5, 0.6) is 0 Å². The average Bonchev–Trinajstić information content (AvgIpc) is 3.02. The van der Waals surface area contributed by atoms with Gasteiger partial charge < -0.3 is 9.80 Å². The van der Waals surface area contributed by atoms with Crippen molar-refractivity contribution in [2.75, 3.05) is 32.7 Å². The van der Waals surface area contributed by atoms with Crippen molar-refractivity contribution in [1.29, 1.82) is 0 Å². The number of amides is 1. The molecule has 0 radical (unpaired) electrons. The number of nitrogens with zero attached hydrogens (tertiary/aromatic N) is 2. The molecule has 4 heteroatoms. The van der Waals surface area contributed by atoms with Crippen LogP contribution in [0.2, 0.25) is 0 Å². The molecule has 0 N–H and O–H groups in total. The van der Waals surface area contributed by atoms with Crippen molar-refractivity contribution in [2.45, 2.75) is 45.4 Å². The van der Waals surface area contributed by atoms with Crippen molar-refractivity contribution >= 4 is 36.0 Å². The van der Waals surface area contributed by atoms with Gasteiger partial charge in [0, 0.05) is 33.1 Å². The standard InChI is InChI=1S/C30H36N2O.ClH/c1-23(33)32-21-14-24(15-22-32)7-6-18-31-19-16-27(17-20-31)30-28-10-4-2-8-25(28)12-13-26-9-3-5-11-29(26)30;/h2-5,8-13,24H,6-7,14-22H2,1H3;1H. The summed E-state index contributed by atoms with van der Waals surface area (Å²) >= 11 is 0. The van der Waals surface area contributed by atoms with E-state index < -0.39 is 0 Å². The lowest BCUT2D eigenvalue weighted by Gasteiger charge is -2.33. The highest BCUT2D eigenvalue weighted by Crippen LogP contribution is 2.38. The molecule has 34 heavy (non-hydrogen) atoms. The summed E-state index contributed by atoms with van der Waals surface area (Å²) < 4.78 is 0. The first-order valence-corrected chi connectivity index (χ1v) is 12.8. The van der Waals surface area contributed by atoms with Gasteiger partial charge in [-0.2, -0.15) is 0 Å². The van der Waals surface area contributed by atoms with E-state index in [1.165, 1.54) is 73.1 Å². The van der Waals surface area contributed by atoms with Gasteiger partial charge in [-0.25, -0.2) is 0 Å². The number of rotatable bonds is 4. The van der Waals surface area contributed by atoms with Crippen LogP contribution in [0, 0.1) is 5.92 Å². The van der Waals surface area contributed by atoms with Crippen LogP contribution in [-0.2, 0) is 4.79 Å². The first kappa shape index (κ1) is 24.8. The molecule has 2 fully saturated rings. The molecule has 2 aromatic rings. The van der Waals surface area contributed by atoms with Crippen molar-refractivity contribution < 1.29 is 4.79 Å². The molecule has 0 spiro atoms. The highest BCUT2D eigenvalue weighted by Gasteiger charge is 2.23. The average molecular weight is 477 g/mol. The smallest absolute Gasteiger partial charge is 0.219 e. The molecule has 1 amide bonds. The number of benzene rings is 2.